The third-order valence-electron chi connectivity index (χ3n) is 5.33. The van der Waals surface area contributed by atoms with Gasteiger partial charge in [-0.1, -0.05) is 17.7 Å². The number of alkyl halides is 3. The molecule has 29 heavy (non-hydrogen) atoms. The molecule has 2 heterocycles. The normalized spacial score (nSPS) is 23.6. The van der Waals surface area contributed by atoms with Crippen LogP contribution in [0.15, 0.2) is 29.3 Å². The number of nitrogens with zero attached hydrogens (tertiary/aromatic N) is 3. The van der Waals surface area contributed by atoms with Gasteiger partial charge in [-0.05, 0) is 50.4 Å². The first-order valence-corrected chi connectivity index (χ1v) is 10.5. The lowest BCUT2D eigenvalue weighted by Crippen LogP contribution is -2.45. The third kappa shape index (κ3) is 6.96. The van der Waals surface area contributed by atoms with Gasteiger partial charge in [-0.15, -0.1) is 0 Å². The fraction of sp³-hybridized carbons (Fsp3) is 0.650. The van der Waals surface area contributed by atoms with Gasteiger partial charge in [0.05, 0.1) is 6.54 Å². The van der Waals surface area contributed by atoms with Crippen LogP contribution in [0, 0.1) is 5.92 Å². The van der Waals surface area contributed by atoms with Crippen molar-refractivity contribution in [2.75, 3.05) is 50.7 Å². The first kappa shape index (κ1) is 22.0. The van der Waals surface area contributed by atoms with Crippen molar-refractivity contribution in [2.24, 2.45) is 10.9 Å². The zero-order valence-corrected chi connectivity index (χ0v) is 17.4. The number of aliphatic imine (C=N–C) groups is 1. The Morgan fingerprint density at radius 3 is 2.79 bits per heavy atom. The molecule has 2 aliphatic rings. The highest BCUT2D eigenvalue weighted by molar-refractivity contribution is 6.30. The summed E-state index contributed by atoms with van der Waals surface area (Å²) in [6.07, 6.45) is -2.39. The van der Waals surface area contributed by atoms with Crippen LogP contribution in [-0.2, 0) is 0 Å². The molecule has 2 unspecified atom stereocenters. The summed E-state index contributed by atoms with van der Waals surface area (Å²) >= 11 is 6.10. The SMILES string of the molecule is CCNC(=NCC1CCN(CC(F)(F)F)C1)NC1CCN(c2cccc(Cl)c2)C1. The van der Waals surface area contributed by atoms with Crippen LogP contribution in [0.25, 0.3) is 0 Å². The van der Waals surface area contributed by atoms with Crippen LogP contribution >= 0.6 is 11.6 Å². The van der Waals surface area contributed by atoms with Crippen molar-refractivity contribution >= 4 is 23.2 Å². The quantitative estimate of drug-likeness (QED) is 0.535. The molecule has 0 aliphatic carbocycles. The van der Waals surface area contributed by atoms with Gasteiger partial charge < -0.3 is 15.5 Å². The van der Waals surface area contributed by atoms with E-state index in [2.05, 4.69) is 26.6 Å². The highest BCUT2D eigenvalue weighted by Crippen LogP contribution is 2.24. The molecule has 3 rings (SSSR count). The molecule has 2 saturated heterocycles. The molecule has 0 radical (unpaired) electrons. The molecule has 162 valence electrons. The van der Waals surface area contributed by atoms with Crippen molar-refractivity contribution in [3.63, 3.8) is 0 Å². The molecule has 2 N–H and O–H groups in total. The summed E-state index contributed by atoms with van der Waals surface area (Å²) in [4.78, 5) is 8.41. The predicted octanol–water partition coefficient (Wildman–Crippen LogP) is 3.36. The number of benzene rings is 1. The molecular weight excluding hydrogens is 403 g/mol. The Labute approximate surface area is 175 Å². The highest BCUT2D eigenvalue weighted by Gasteiger charge is 2.34. The van der Waals surface area contributed by atoms with Crippen molar-refractivity contribution in [3.05, 3.63) is 29.3 Å². The first-order valence-electron chi connectivity index (χ1n) is 10.2. The van der Waals surface area contributed by atoms with Crippen LogP contribution in [0.3, 0.4) is 0 Å². The van der Waals surface area contributed by atoms with E-state index in [-0.39, 0.29) is 12.0 Å². The molecule has 9 heteroatoms. The molecule has 1 aromatic rings. The fourth-order valence-electron chi connectivity index (χ4n) is 3.98. The van der Waals surface area contributed by atoms with Crippen molar-refractivity contribution < 1.29 is 13.2 Å². The van der Waals surface area contributed by atoms with E-state index in [0.29, 0.717) is 19.6 Å². The lowest BCUT2D eigenvalue weighted by atomic mass is 10.1. The topological polar surface area (TPSA) is 42.9 Å². The minimum atomic E-state index is -4.13. The number of guanidine groups is 1. The molecule has 1 aromatic carbocycles. The van der Waals surface area contributed by atoms with Crippen LogP contribution in [0.5, 0.6) is 0 Å². The second-order valence-electron chi connectivity index (χ2n) is 7.78. The predicted molar refractivity (Wildman–Crippen MR) is 112 cm³/mol. The summed E-state index contributed by atoms with van der Waals surface area (Å²) in [5.74, 6) is 0.902. The lowest BCUT2D eigenvalue weighted by molar-refractivity contribution is -0.143. The molecule has 0 amide bonds. The van der Waals surface area contributed by atoms with E-state index in [4.69, 9.17) is 11.6 Å². The van der Waals surface area contributed by atoms with Gasteiger partial charge in [0.25, 0.3) is 0 Å². The molecule has 5 nitrogen and oxygen atoms in total. The number of rotatable bonds is 6. The van der Waals surface area contributed by atoms with Crippen LogP contribution in [0.1, 0.15) is 19.8 Å². The van der Waals surface area contributed by atoms with E-state index in [0.717, 1.165) is 49.1 Å². The number of hydrogen-bond donors (Lipinski definition) is 2. The molecule has 0 spiro atoms. The second-order valence-corrected chi connectivity index (χ2v) is 8.22. The summed E-state index contributed by atoms with van der Waals surface area (Å²) in [7, 11) is 0. The van der Waals surface area contributed by atoms with E-state index in [1.165, 1.54) is 4.90 Å². The summed E-state index contributed by atoms with van der Waals surface area (Å²) in [6, 6.07) is 8.10. The van der Waals surface area contributed by atoms with E-state index >= 15 is 0 Å². The van der Waals surface area contributed by atoms with Crippen LogP contribution in [0.4, 0.5) is 18.9 Å². The zero-order valence-electron chi connectivity index (χ0n) is 16.7. The molecular formula is C20H29ClF3N5. The van der Waals surface area contributed by atoms with Crippen molar-refractivity contribution in [2.45, 2.75) is 32.0 Å². The number of likely N-dealkylation sites (tertiary alicyclic amines) is 1. The van der Waals surface area contributed by atoms with E-state index < -0.39 is 12.7 Å². The third-order valence-corrected chi connectivity index (χ3v) is 5.56. The number of anilines is 1. The summed E-state index contributed by atoms with van der Waals surface area (Å²) in [5.41, 5.74) is 1.11. The van der Waals surface area contributed by atoms with E-state index in [9.17, 15) is 13.2 Å². The van der Waals surface area contributed by atoms with Crippen molar-refractivity contribution in [1.29, 1.82) is 0 Å². The lowest BCUT2D eigenvalue weighted by Gasteiger charge is -2.21. The van der Waals surface area contributed by atoms with Crippen molar-refractivity contribution in [1.82, 2.24) is 15.5 Å². The highest BCUT2D eigenvalue weighted by atomic mass is 35.5. The van der Waals surface area contributed by atoms with Gasteiger partial charge in [-0.25, -0.2) is 0 Å². The molecule has 2 aliphatic heterocycles. The van der Waals surface area contributed by atoms with Gasteiger partial charge in [0, 0.05) is 49.5 Å². The monoisotopic (exact) mass is 431 g/mol. The van der Waals surface area contributed by atoms with Gasteiger partial charge in [-0.2, -0.15) is 13.2 Å². The molecule has 2 fully saturated rings. The maximum Gasteiger partial charge on any atom is 0.401 e. The van der Waals surface area contributed by atoms with Gasteiger partial charge in [0.2, 0.25) is 0 Å². The van der Waals surface area contributed by atoms with Gasteiger partial charge in [-0.3, -0.25) is 9.89 Å². The Balaban J connectivity index is 1.50. The average Bonchev–Trinajstić information content (AvgIpc) is 3.28. The minimum Gasteiger partial charge on any atom is -0.369 e. The summed E-state index contributed by atoms with van der Waals surface area (Å²) in [5, 5.41) is 7.45. The molecule has 0 saturated carbocycles. The largest absolute Gasteiger partial charge is 0.401 e. The Kier molecular flexibility index (Phi) is 7.51. The zero-order chi connectivity index (χ0) is 20.9. The number of halogens is 4. The number of nitrogens with one attached hydrogen (secondary N) is 2. The Hall–Kier alpha value is -1.67. The van der Waals surface area contributed by atoms with Gasteiger partial charge >= 0.3 is 6.18 Å². The van der Waals surface area contributed by atoms with Gasteiger partial charge in [0.15, 0.2) is 5.96 Å². The summed E-state index contributed by atoms with van der Waals surface area (Å²) < 4.78 is 37.7. The minimum absolute atomic E-state index is 0.166. The summed E-state index contributed by atoms with van der Waals surface area (Å²) in [6.45, 7) is 5.18. The van der Waals surface area contributed by atoms with E-state index in [1.807, 2.05) is 25.1 Å². The Bertz CT molecular complexity index is 697. The second kappa shape index (κ2) is 9.89. The molecule has 2 atom stereocenters. The van der Waals surface area contributed by atoms with E-state index in [1.54, 1.807) is 0 Å². The standard InChI is InChI=1S/C20H29ClF3N5/c1-2-25-19(26-11-15-6-8-28(12-15)14-20(22,23)24)27-17-7-9-29(13-17)18-5-3-4-16(21)10-18/h3-5,10,15,17H,2,6-9,11-14H2,1H3,(H2,25,26,27). The maximum absolute atomic E-state index is 12.6. The van der Waals surface area contributed by atoms with Crippen LogP contribution < -0.4 is 15.5 Å². The van der Waals surface area contributed by atoms with Crippen LogP contribution in [-0.4, -0.2) is 68.9 Å². The van der Waals surface area contributed by atoms with Crippen LogP contribution in [0.2, 0.25) is 5.02 Å². The fourth-order valence-corrected chi connectivity index (χ4v) is 4.16. The van der Waals surface area contributed by atoms with Gasteiger partial charge in [0.1, 0.15) is 0 Å². The molecule has 0 aromatic heterocycles. The average molecular weight is 432 g/mol. The Morgan fingerprint density at radius 1 is 1.24 bits per heavy atom. The number of hydrogen-bond acceptors (Lipinski definition) is 3. The maximum atomic E-state index is 12.6. The molecule has 0 bridgehead atoms. The first-order chi connectivity index (χ1) is 13.8. The van der Waals surface area contributed by atoms with Crippen molar-refractivity contribution in [3.8, 4) is 0 Å². The Morgan fingerprint density at radius 2 is 2.07 bits per heavy atom. The smallest absolute Gasteiger partial charge is 0.369 e.